The van der Waals surface area contributed by atoms with Gasteiger partial charge in [0.05, 0.1) is 11.7 Å². The molecule has 1 nitrogen and oxygen atoms in total. The molecule has 0 spiro atoms. The van der Waals surface area contributed by atoms with Crippen molar-refractivity contribution in [2.24, 2.45) is 0 Å². The quantitative estimate of drug-likeness (QED) is 0.444. The average molecular weight is 124 g/mol. The smallest absolute Gasteiger partial charge is 0.0694 e. The Bertz CT molecular complexity index is 56.3. The minimum absolute atomic E-state index is 0. The van der Waals surface area contributed by atoms with Gasteiger partial charge in [-0.1, -0.05) is 0 Å². The van der Waals surface area contributed by atoms with Gasteiger partial charge in [-0.05, 0) is 6.92 Å². The summed E-state index contributed by atoms with van der Waals surface area (Å²) in [7, 11) is 2.37. The fourth-order valence-electron chi connectivity index (χ4n) is 0. The zero-order chi connectivity index (χ0) is 4.28. The number of hydrogen-bond acceptors (Lipinski definition) is 1. The van der Waals surface area contributed by atoms with E-state index in [2.05, 4.69) is 9.24 Å². The van der Waals surface area contributed by atoms with E-state index < -0.39 is 0 Å². The van der Waals surface area contributed by atoms with Crippen molar-refractivity contribution in [3.8, 4) is 6.07 Å². The highest BCUT2D eigenvalue weighted by molar-refractivity contribution is 7.18. The molecular weight excluding hydrogens is 116 g/mol. The molecule has 3 heteroatoms. The van der Waals surface area contributed by atoms with Crippen LogP contribution in [0.5, 0.6) is 0 Å². The van der Waals surface area contributed by atoms with Gasteiger partial charge in [0, 0.05) is 0 Å². The zero-order valence-electron chi connectivity index (χ0n) is 3.51. The van der Waals surface area contributed by atoms with Crippen LogP contribution in [0.1, 0.15) is 6.92 Å². The van der Waals surface area contributed by atoms with Crippen LogP contribution in [0.4, 0.5) is 0 Å². The second-order valence-electron chi connectivity index (χ2n) is 0.918. The SMILES string of the molecule is CC(P)C#N.Cl. The summed E-state index contributed by atoms with van der Waals surface area (Å²) in [5.41, 5.74) is 0.106. The summed E-state index contributed by atoms with van der Waals surface area (Å²) in [4.78, 5) is 0. The Kier molecular flexibility index (Phi) is 8.26. The van der Waals surface area contributed by atoms with Gasteiger partial charge in [-0.2, -0.15) is 5.26 Å². The molecule has 0 aliphatic rings. The maximum atomic E-state index is 7.87. The van der Waals surface area contributed by atoms with E-state index in [0.29, 0.717) is 0 Å². The van der Waals surface area contributed by atoms with Crippen molar-refractivity contribution in [3.05, 3.63) is 0 Å². The maximum absolute atomic E-state index is 7.87. The lowest BCUT2D eigenvalue weighted by atomic mass is 10.5. The first-order valence-electron chi connectivity index (χ1n) is 1.42. The van der Waals surface area contributed by atoms with Gasteiger partial charge in [0.2, 0.25) is 0 Å². The van der Waals surface area contributed by atoms with Crippen molar-refractivity contribution < 1.29 is 0 Å². The van der Waals surface area contributed by atoms with Crippen molar-refractivity contribution in [2.75, 3.05) is 0 Å². The summed E-state index contributed by atoms with van der Waals surface area (Å²) in [5.74, 6) is 0. The molecule has 0 radical (unpaired) electrons. The third kappa shape index (κ3) is 8.88. The molecule has 0 aliphatic heterocycles. The summed E-state index contributed by atoms with van der Waals surface area (Å²) in [6, 6.07) is 1.99. The number of halogens is 1. The average Bonchev–Trinajstić information content (AvgIpc) is 1.38. The summed E-state index contributed by atoms with van der Waals surface area (Å²) < 4.78 is 0. The number of hydrogen-bond donors (Lipinski definition) is 0. The van der Waals surface area contributed by atoms with E-state index in [4.69, 9.17) is 5.26 Å². The Morgan fingerprint density at radius 1 is 1.83 bits per heavy atom. The third-order valence-electron chi connectivity index (χ3n) is 0.204. The van der Waals surface area contributed by atoms with E-state index in [1.54, 1.807) is 0 Å². The monoisotopic (exact) mass is 123 g/mol. The molecule has 36 valence electrons. The van der Waals surface area contributed by atoms with Gasteiger partial charge in [0.15, 0.2) is 0 Å². The normalized spacial score (nSPS) is 10.8. The highest BCUT2D eigenvalue weighted by atomic mass is 35.5. The van der Waals surface area contributed by atoms with Gasteiger partial charge in [0.25, 0.3) is 0 Å². The number of nitriles is 1. The summed E-state index contributed by atoms with van der Waals surface area (Å²) in [5, 5.41) is 7.87. The molecule has 0 aromatic heterocycles. The van der Waals surface area contributed by atoms with Crippen molar-refractivity contribution in [1.82, 2.24) is 0 Å². The topological polar surface area (TPSA) is 23.8 Å². The van der Waals surface area contributed by atoms with Crippen LogP contribution in [0.2, 0.25) is 0 Å². The fourth-order valence-corrected chi connectivity index (χ4v) is 0. The van der Waals surface area contributed by atoms with Crippen molar-refractivity contribution in [2.45, 2.75) is 12.6 Å². The molecule has 0 saturated carbocycles. The molecule has 0 heterocycles. The van der Waals surface area contributed by atoms with Gasteiger partial charge in [0.1, 0.15) is 0 Å². The van der Waals surface area contributed by atoms with E-state index in [1.807, 2.05) is 13.0 Å². The predicted octanol–water partition coefficient (Wildman–Crippen LogP) is 1.20. The van der Waals surface area contributed by atoms with Gasteiger partial charge >= 0.3 is 0 Å². The van der Waals surface area contributed by atoms with Crippen LogP contribution in [0, 0.1) is 11.3 Å². The Labute approximate surface area is 46.3 Å². The molecule has 0 N–H and O–H groups in total. The second kappa shape index (κ2) is 5.21. The molecule has 0 amide bonds. The standard InChI is InChI=1S/C3H6NP.ClH/c1-3(5)2-4;/h3H,5H2,1H3;1H. The number of rotatable bonds is 0. The second-order valence-corrected chi connectivity index (χ2v) is 1.92. The molecule has 2 unspecified atom stereocenters. The molecular formula is C3H7ClNP. The van der Waals surface area contributed by atoms with Crippen molar-refractivity contribution in [1.29, 1.82) is 5.26 Å². The lowest BCUT2D eigenvalue weighted by Gasteiger charge is -1.76. The van der Waals surface area contributed by atoms with Gasteiger partial charge in [-0.15, -0.1) is 21.6 Å². The van der Waals surface area contributed by atoms with Crippen LogP contribution in [0.25, 0.3) is 0 Å². The van der Waals surface area contributed by atoms with Crippen LogP contribution in [0.3, 0.4) is 0 Å². The molecule has 0 aromatic carbocycles. The Morgan fingerprint density at radius 2 is 2.00 bits per heavy atom. The van der Waals surface area contributed by atoms with Gasteiger partial charge < -0.3 is 0 Å². The summed E-state index contributed by atoms with van der Waals surface area (Å²) in [6.45, 7) is 1.82. The Balaban J connectivity index is 0. The van der Waals surface area contributed by atoms with E-state index in [1.165, 1.54) is 0 Å². The molecule has 2 atom stereocenters. The fraction of sp³-hybridized carbons (Fsp3) is 0.667. The Morgan fingerprint density at radius 3 is 2.00 bits per heavy atom. The van der Waals surface area contributed by atoms with Crippen LogP contribution >= 0.6 is 21.6 Å². The largest absolute Gasteiger partial charge is 0.198 e. The first-order valence-corrected chi connectivity index (χ1v) is 2.09. The van der Waals surface area contributed by atoms with Crippen LogP contribution in [0.15, 0.2) is 0 Å². The lowest BCUT2D eigenvalue weighted by molar-refractivity contribution is 1.25. The highest BCUT2D eigenvalue weighted by Gasteiger charge is 1.78. The van der Waals surface area contributed by atoms with Crippen LogP contribution in [-0.4, -0.2) is 5.66 Å². The van der Waals surface area contributed by atoms with E-state index in [9.17, 15) is 0 Å². The van der Waals surface area contributed by atoms with E-state index in [-0.39, 0.29) is 18.1 Å². The van der Waals surface area contributed by atoms with Crippen LogP contribution < -0.4 is 0 Å². The van der Waals surface area contributed by atoms with Crippen LogP contribution in [-0.2, 0) is 0 Å². The minimum atomic E-state index is 0. The molecule has 0 rings (SSSR count). The summed E-state index contributed by atoms with van der Waals surface area (Å²) >= 11 is 0. The van der Waals surface area contributed by atoms with Crippen molar-refractivity contribution in [3.63, 3.8) is 0 Å². The van der Waals surface area contributed by atoms with E-state index >= 15 is 0 Å². The first kappa shape index (κ1) is 9.51. The Hall–Kier alpha value is 0.210. The third-order valence-corrected chi connectivity index (χ3v) is 0.353. The molecule has 0 aromatic rings. The first-order chi connectivity index (χ1) is 2.27. The highest BCUT2D eigenvalue weighted by Crippen LogP contribution is 1.90. The molecule has 0 bridgehead atoms. The summed E-state index contributed by atoms with van der Waals surface area (Å²) in [6.07, 6.45) is 0. The molecule has 0 saturated heterocycles. The van der Waals surface area contributed by atoms with E-state index in [0.717, 1.165) is 0 Å². The maximum Gasteiger partial charge on any atom is 0.0694 e. The molecule has 0 aliphatic carbocycles. The predicted molar refractivity (Wildman–Crippen MR) is 32.0 cm³/mol. The molecule has 0 fully saturated rings. The lowest BCUT2D eigenvalue weighted by Crippen LogP contribution is -1.75. The molecule has 6 heavy (non-hydrogen) atoms. The van der Waals surface area contributed by atoms with Gasteiger partial charge in [-0.3, -0.25) is 0 Å². The minimum Gasteiger partial charge on any atom is -0.198 e. The van der Waals surface area contributed by atoms with Gasteiger partial charge in [-0.25, -0.2) is 0 Å². The van der Waals surface area contributed by atoms with Crippen molar-refractivity contribution >= 4 is 21.6 Å². The zero-order valence-corrected chi connectivity index (χ0v) is 5.48. The number of nitrogens with zero attached hydrogens (tertiary/aromatic N) is 1.